The first-order valence-corrected chi connectivity index (χ1v) is 8.65. The Labute approximate surface area is 151 Å². The van der Waals surface area contributed by atoms with Crippen LogP contribution in [0.3, 0.4) is 0 Å². The average molecular weight is 358 g/mol. The van der Waals surface area contributed by atoms with Crippen LogP contribution in [-0.2, 0) is 4.79 Å². The summed E-state index contributed by atoms with van der Waals surface area (Å²) in [5, 5.41) is 2.99. The summed E-state index contributed by atoms with van der Waals surface area (Å²) in [5.74, 6) is 1.84. The number of benzene rings is 1. The van der Waals surface area contributed by atoms with Crippen LogP contribution in [0.2, 0.25) is 0 Å². The van der Waals surface area contributed by atoms with Gasteiger partial charge in [0.05, 0.1) is 7.11 Å². The minimum Gasteiger partial charge on any atom is -0.497 e. The number of fused-ring (bicyclic) bond motifs is 1. The summed E-state index contributed by atoms with van der Waals surface area (Å²) >= 11 is 5.69. The molecule has 3 rings (SSSR count). The number of rotatable bonds is 6. The van der Waals surface area contributed by atoms with Crippen molar-refractivity contribution in [2.75, 3.05) is 18.3 Å². The van der Waals surface area contributed by atoms with Crippen LogP contribution in [0.5, 0.6) is 5.75 Å². The van der Waals surface area contributed by atoms with Crippen LogP contribution in [0, 0.1) is 6.92 Å². The number of imidazole rings is 1. The molecule has 0 saturated heterocycles. The molecule has 0 atom stereocenters. The molecular formula is C19H20ClN3O2. The lowest BCUT2D eigenvalue weighted by atomic mass is 10.1. The van der Waals surface area contributed by atoms with E-state index in [9.17, 15) is 4.79 Å². The smallest absolute Gasteiger partial charge is 0.225 e. The predicted octanol–water partition coefficient (Wildman–Crippen LogP) is 4.28. The first kappa shape index (κ1) is 17.3. The number of halogens is 1. The Morgan fingerprint density at radius 3 is 2.68 bits per heavy atom. The summed E-state index contributed by atoms with van der Waals surface area (Å²) < 4.78 is 7.12. The molecule has 130 valence electrons. The Kier molecular flexibility index (Phi) is 5.24. The van der Waals surface area contributed by atoms with E-state index < -0.39 is 0 Å². The minimum atomic E-state index is -0.0706. The molecule has 0 aliphatic rings. The second-order valence-corrected chi connectivity index (χ2v) is 6.19. The molecule has 0 unspecified atom stereocenters. The van der Waals surface area contributed by atoms with Crippen molar-refractivity contribution < 1.29 is 9.53 Å². The van der Waals surface area contributed by atoms with Crippen LogP contribution < -0.4 is 10.1 Å². The Hall–Kier alpha value is -2.53. The van der Waals surface area contributed by atoms with Crippen LogP contribution in [-0.4, -0.2) is 28.3 Å². The number of carbonyl (C=O) groups is 1. The Morgan fingerprint density at radius 2 is 2.00 bits per heavy atom. The van der Waals surface area contributed by atoms with Gasteiger partial charge in [-0.1, -0.05) is 6.07 Å². The zero-order valence-corrected chi connectivity index (χ0v) is 15.0. The van der Waals surface area contributed by atoms with Crippen molar-refractivity contribution >= 4 is 29.0 Å². The number of aromatic nitrogens is 2. The van der Waals surface area contributed by atoms with Gasteiger partial charge in [0.2, 0.25) is 5.91 Å². The zero-order chi connectivity index (χ0) is 17.8. The normalized spacial score (nSPS) is 10.8. The standard InChI is InChI=1S/C19H20ClN3O2/c1-13-5-10-16-21-18(14-6-8-15(25-2)9-7-14)19(23(16)12-13)22-17(24)4-3-11-20/h5-10,12H,3-4,11H2,1-2H3,(H,22,24). The van der Waals surface area contributed by atoms with Gasteiger partial charge >= 0.3 is 0 Å². The van der Waals surface area contributed by atoms with E-state index in [4.69, 9.17) is 21.3 Å². The molecular weight excluding hydrogens is 338 g/mol. The Balaban J connectivity index is 2.06. The monoisotopic (exact) mass is 357 g/mol. The van der Waals surface area contributed by atoms with Gasteiger partial charge in [-0.15, -0.1) is 11.6 Å². The maximum Gasteiger partial charge on any atom is 0.225 e. The molecule has 1 amide bonds. The Morgan fingerprint density at radius 1 is 1.24 bits per heavy atom. The SMILES string of the molecule is COc1ccc(-c2nc3ccc(C)cn3c2NC(=O)CCCCl)cc1. The van der Waals surface area contributed by atoms with Gasteiger partial charge in [0, 0.05) is 24.1 Å². The van der Waals surface area contributed by atoms with Crippen LogP contribution in [0.25, 0.3) is 16.9 Å². The number of aryl methyl sites for hydroxylation is 1. The molecule has 5 nitrogen and oxygen atoms in total. The highest BCUT2D eigenvalue weighted by atomic mass is 35.5. The third kappa shape index (κ3) is 3.77. The van der Waals surface area contributed by atoms with E-state index in [1.807, 2.05) is 53.9 Å². The minimum absolute atomic E-state index is 0.0706. The summed E-state index contributed by atoms with van der Waals surface area (Å²) in [6.07, 6.45) is 2.98. The van der Waals surface area contributed by atoms with E-state index in [1.54, 1.807) is 7.11 Å². The van der Waals surface area contributed by atoms with Crippen molar-refractivity contribution in [2.45, 2.75) is 19.8 Å². The van der Waals surface area contributed by atoms with Gasteiger partial charge in [-0.25, -0.2) is 4.98 Å². The molecule has 0 aliphatic carbocycles. The van der Waals surface area contributed by atoms with E-state index in [1.165, 1.54) is 0 Å². The van der Waals surface area contributed by atoms with E-state index >= 15 is 0 Å². The first-order valence-electron chi connectivity index (χ1n) is 8.11. The fourth-order valence-electron chi connectivity index (χ4n) is 2.64. The third-order valence-electron chi connectivity index (χ3n) is 3.93. The predicted molar refractivity (Wildman–Crippen MR) is 101 cm³/mol. The zero-order valence-electron chi connectivity index (χ0n) is 14.3. The van der Waals surface area contributed by atoms with Crippen LogP contribution >= 0.6 is 11.6 Å². The van der Waals surface area contributed by atoms with Crippen molar-refractivity contribution in [3.63, 3.8) is 0 Å². The van der Waals surface area contributed by atoms with E-state index in [0.717, 1.165) is 28.2 Å². The summed E-state index contributed by atoms with van der Waals surface area (Å²) in [4.78, 5) is 16.9. The number of ether oxygens (including phenoxy) is 1. The molecule has 3 aromatic rings. The number of methoxy groups -OCH3 is 1. The number of nitrogens with one attached hydrogen (secondary N) is 1. The molecule has 2 aromatic heterocycles. The van der Waals surface area contributed by atoms with Gasteiger partial charge in [-0.3, -0.25) is 9.20 Å². The summed E-state index contributed by atoms with van der Waals surface area (Å²) in [6.45, 7) is 2.01. The lowest BCUT2D eigenvalue weighted by Gasteiger charge is -2.08. The molecule has 0 saturated carbocycles. The number of anilines is 1. The van der Waals surface area contributed by atoms with Gasteiger partial charge in [0.15, 0.2) is 0 Å². The molecule has 0 spiro atoms. The maximum atomic E-state index is 12.3. The number of nitrogens with zero attached hydrogens (tertiary/aromatic N) is 2. The second-order valence-electron chi connectivity index (χ2n) is 5.81. The topological polar surface area (TPSA) is 55.6 Å². The average Bonchev–Trinajstić information content (AvgIpc) is 2.97. The number of amides is 1. The molecule has 0 fully saturated rings. The van der Waals surface area contributed by atoms with E-state index in [0.29, 0.717) is 24.5 Å². The lowest BCUT2D eigenvalue weighted by Crippen LogP contribution is -2.13. The summed E-state index contributed by atoms with van der Waals surface area (Å²) in [6, 6.07) is 11.6. The summed E-state index contributed by atoms with van der Waals surface area (Å²) in [5.41, 5.74) is 3.51. The van der Waals surface area contributed by atoms with Crippen molar-refractivity contribution in [1.29, 1.82) is 0 Å². The fraction of sp³-hybridized carbons (Fsp3) is 0.263. The second kappa shape index (κ2) is 7.57. The molecule has 0 aliphatic heterocycles. The van der Waals surface area contributed by atoms with Gasteiger partial charge in [-0.05, 0) is 49.2 Å². The van der Waals surface area contributed by atoms with Crippen molar-refractivity contribution in [3.05, 3.63) is 48.2 Å². The highest BCUT2D eigenvalue weighted by Crippen LogP contribution is 2.30. The quantitative estimate of drug-likeness (QED) is 0.670. The van der Waals surface area contributed by atoms with Crippen LogP contribution in [0.15, 0.2) is 42.6 Å². The van der Waals surface area contributed by atoms with Crippen molar-refractivity contribution in [3.8, 4) is 17.0 Å². The van der Waals surface area contributed by atoms with Crippen LogP contribution in [0.4, 0.5) is 5.82 Å². The number of hydrogen-bond acceptors (Lipinski definition) is 3. The van der Waals surface area contributed by atoms with Gasteiger partial charge in [0.1, 0.15) is 22.9 Å². The molecule has 1 N–H and O–H groups in total. The largest absolute Gasteiger partial charge is 0.497 e. The molecule has 1 aromatic carbocycles. The van der Waals surface area contributed by atoms with Gasteiger partial charge in [-0.2, -0.15) is 0 Å². The molecule has 0 bridgehead atoms. The first-order chi connectivity index (χ1) is 12.1. The van der Waals surface area contributed by atoms with Gasteiger partial charge in [0.25, 0.3) is 0 Å². The molecule has 2 heterocycles. The molecule has 0 radical (unpaired) electrons. The van der Waals surface area contributed by atoms with Crippen molar-refractivity contribution in [2.24, 2.45) is 0 Å². The lowest BCUT2D eigenvalue weighted by molar-refractivity contribution is -0.116. The van der Waals surface area contributed by atoms with Crippen molar-refractivity contribution in [1.82, 2.24) is 9.38 Å². The highest BCUT2D eigenvalue weighted by Gasteiger charge is 2.16. The van der Waals surface area contributed by atoms with E-state index in [2.05, 4.69) is 5.32 Å². The highest BCUT2D eigenvalue weighted by molar-refractivity contribution is 6.18. The molecule has 25 heavy (non-hydrogen) atoms. The maximum absolute atomic E-state index is 12.3. The molecule has 6 heteroatoms. The fourth-order valence-corrected chi connectivity index (χ4v) is 2.78. The number of hydrogen-bond donors (Lipinski definition) is 1. The number of pyridine rings is 1. The Bertz CT molecular complexity index is 888. The number of alkyl halides is 1. The third-order valence-corrected chi connectivity index (χ3v) is 4.19. The van der Waals surface area contributed by atoms with Crippen LogP contribution in [0.1, 0.15) is 18.4 Å². The number of carbonyl (C=O) groups excluding carboxylic acids is 1. The van der Waals surface area contributed by atoms with E-state index in [-0.39, 0.29) is 5.91 Å². The summed E-state index contributed by atoms with van der Waals surface area (Å²) in [7, 11) is 1.63. The van der Waals surface area contributed by atoms with Gasteiger partial charge < -0.3 is 10.1 Å².